The number of carbonyl (C=O) groups is 6. The van der Waals surface area contributed by atoms with Crippen molar-refractivity contribution in [2.75, 3.05) is 26.2 Å². The number of carboxylic acids is 2. The zero-order valence-corrected chi connectivity index (χ0v) is 65.2. The van der Waals surface area contributed by atoms with Crippen LogP contribution in [0.4, 0.5) is 0 Å². The topological polar surface area (TPSA) is 280 Å². The van der Waals surface area contributed by atoms with Crippen molar-refractivity contribution in [1.29, 1.82) is 0 Å². The molecule has 0 aliphatic heterocycles. The minimum absolute atomic E-state index is 0. The van der Waals surface area contributed by atoms with Crippen LogP contribution in [-0.2, 0) is 67.3 Å². The Kier molecular flexibility index (Phi) is 43.7. The minimum atomic E-state index is -0.935. The SMILES string of the molecule is CCC(N)CCc1ccccc1.CCN(C(=O)CCCc1ccnc(C)c1)C1CC1.CCNC1CC1.CC[C@@H](CCc1ccccc1)NC(=O)CN(C(=O)CCCc1ccnc(C)c1)C1CC1.Cc1cc(CCCC(=O)N(CC(=O)O)C2CC2)ccn1.Cc1cc(CCCC(=O)O)ccn1.Cl.NC1CC1. The van der Waals surface area contributed by atoms with Gasteiger partial charge in [-0.05, 0) is 277 Å². The van der Waals surface area contributed by atoms with E-state index in [9.17, 15) is 28.8 Å². The number of nitrogens with two attached hydrogens (primary N) is 2. The number of hydrogen-bond acceptors (Lipinski definition) is 13. The second kappa shape index (κ2) is 51.3. The number of aliphatic carboxylic acids is 2. The second-order valence-electron chi connectivity index (χ2n) is 28.4. The summed E-state index contributed by atoms with van der Waals surface area (Å²) in [4.78, 5) is 92.6. The highest BCUT2D eigenvalue weighted by Crippen LogP contribution is 2.30. The number of carbonyl (C=O) groups excluding carboxylic acids is 4. The van der Waals surface area contributed by atoms with Gasteiger partial charge in [-0.25, -0.2) is 0 Å². The molecular weight excluding hydrogens is 1340 g/mol. The van der Waals surface area contributed by atoms with Crippen molar-refractivity contribution in [3.8, 4) is 0 Å². The predicted octanol–water partition coefficient (Wildman–Crippen LogP) is 14.2. The third-order valence-corrected chi connectivity index (χ3v) is 18.5. The van der Waals surface area contributed by atoms with Crippen LogP contribution in [0.2, 0.25) is 0 Å². The number of hydrogen-bond donors (Lipinski definition) is 6. The van der Waals surface area contributed by atoms with Crippen LogP contribution in [0.1, 0.15) is 225 Å². The molecular formula is C85H126ClN11O8. The molecule has 19 nitrogen and oxygen atoms in total. The van der Waals surface area contributed by atoms with Crippen molar-refractivity contribution in [2.24, 2.45) is 11.5 Å². The lowest BCUT2D eigenvalue weighted by molar-refractivity contribution is -0.145. The van der Waals surface area contributed by atoms with Gasteiger partial charge in [-0.3, -0.25) is 48.7 Å². The number of amides is 4. The molecule has 5 fully saturated rings. The maximum Gasteiger partial charge on any atom is 0.323 e. The largest absolute Gasteiger partial charge is 0.481 e. The highest BCUT2D eigenvalue weighted by molar-refractivity contribution is 5.86. The summed E-state index contributed by atoms with van der Waals surface area (Å²) < 4.78 is 0. The maximum atomic E-state index is 12.8. The summed E-state index contributed by atoms with van der Waals surface area (Å²) in [5.41, 5.74) is 22.5. The van der Waals surface area contributed by atoms with Gasteiger partial charge in [0.2, 0.25) is 23.6 Å². The second-order valence-corrected chi connectivity index (χ2v) is 28.4. The Morgan fingerprint density at radius 3 is 1.12 bits per heavy atom. The molecule has 6 aromatic rings. The van der Waals surface area contributed by atoms with Gasteiger partial charge in [0, 0.05) is 122 Å². The number of aryl methyl sites for hydroxylation is 10. The lowest BCUT2D eigenvalue weighted by Crippen LogP contribution is -2.45. The summed E-state index contributed by atoms with van der Waals surface area (Å²) in [5, 5.41) is 23.7. The summed E-state index contributed by atoms with van der Waals surface area (Å²) in [6, 6.07) is 39.9. The first-order valence-corrected chi connectivity index (χ1v) is 38.7. The van der Waals surface area contributed by atoms with E-state index < -0.39 is 11.9 Å². The van der Waals surface area contributed by atoms with E-state index in [4.69, 9.17) is 21.7 Å². The zero-order chi connectivity index (χ0) is 75.4. The van der Waals surface area contributed by atoms with E-state index in [1.807, 2.05) is 106 Å². The smallest absolute Gasteiger partial charge is 0.323 e. The van der Waals surface area contributed by atoms with Gasteiger partial charge in [0.25, 0.3) is 0 Å². The third-order valence-electron chi connectivity index (χ3n) is 18.5. The molecule has 105 heavy (non-hydrogen) atoms. The third kappa shape index (κ3) is 42.1. The Bertz CT molecular complexity index is 3440. The van der Waals surface area contributed by atoms with Crippen LogP contribution in [0.5, 0.6) is 0 Å². The Labute approximate surface area is 634 Å². The van der Waals surface area contributed by atoms with Gasteiger partial charge < -0.3 is 47.0 Å². The van der Waals surface area contributed by atoms with Gasteiger partial charge in [0.1, 0.15) is 6.54 Å². The normalized spacial score (nSPS) is 14.3. The molecule has 8 N–H and O–H groups in total. The molecule has 0 radical (unpaired) electrons. The fraction of sp³-hybridized carbons (Fsp3) is 0.553. The standard InChI is InChI=1S/C26H35N3O2.C15H20N2O3.C15H22N2O.C11H17N.C10H13NO2.C5H11N.C3H7N.ClH/c1-3-23(13-12-21-8-5-4-6-9-21)28-25(30)19-29(24-14-15-24)26(31)11-7-10-22-16-17-27-20(2)18-22;1-11-9-12(7-8-16-11)3-2-4-14(18)17(10-15(19)20)13-5-6-13;1-3-17(14-7-8-14)15(18)6-4-5-13-9-10-16-12(2)11-13;1-2-11(12)9-8-10-6-4-3-5-7-10;1-8-7-9(5-6-11-8)3-2-4-10(12)13;1-2-6-5-3-4-5;4-3-1-2-3;/h4-6,8-9,16-18,23-24H,3,7,10-15,19H2,1-2H3,(H,28,30);7-9,13H,2-6,10H2,1H3,(H,19,20);9-11,14H,3-8H2,1-2H3;3-7,11H,2,8-9,12H2,1H3;5-7H,2-4H2,1H3,(H,12,13);5-6H,2-4H2,1H3;3H,1-2,4H2;1H/t23-;;;;;;;/m0......./s1. The highest BCUT2D eigenvalue weighted by atomic mass is 35.5. The fourth-order valence-corrected chi connectivity index (χ4v) is 11.7. The van der Waals surface area contributed by atoms with Gasteiger partial charge in [-0.15, -0.1) is 12.4 Å². The zero-order valence-electron chi connectivity index (χ0n) is 64.4. The van der Waals surface area contributed by atoms with Crippen molar-refractivity contribution in [2.45, 2.75) is 277 Å². The van der Waals surface area contributed by atoms with Crippen LogP contribution in [-0.4, -0.2) is 149 Å². The van der Waals surface area contributed by atoms with Crippen LogP contribution in [0, 0.1) is 27.7 Å². The molecule has 4 aromatic heterocycles. The van der Waals surface area contributed by atoms with E-state index in [0.29, 0.717) is 49.7 Å². The molecule has 1 unspecified atom stereocenters. The summed E-state index contributed by atoms with van der Waals surface area (Å²) in [5.74, 6) is -1.32. The number of nitrogens with one attached hydrogen (secondary N) is 2. The molecule has 4 amide bonds. The fourth-order valence-electron chi connectivity index (χ4n) is 11.7. The molecule has 576 valence electrons. The molecule has 2 atom stereocenters. The Morgan fingerprint density at radius 1 is 0.457 bits per heavy atom. The molecule has 2 aromatic carbocycles. The van der Waals surface area contributed by atoms with E-state index in [2.05, 4.69) is 107 Å². The van der Waals surface area contributed by atoms with Crippen molar-refractivity contribution < 1.29 is 39.0 Å². The number of aromatic nitrogens is 4. The van der Waals surface area contributed by atoms with Crippen LogP contribution in [0.3, 0.4) is 0 Å². The maximum absolute atomic E-state index is 12.8. The highest BCUT2D eigenvalue weighted by Gasteiger charge is 2.35. The molecule has 5 aliphatic rings. The molecule has 0 saturated heterocycles. The van der Waals surface area contributed by atoms with Crippen molar-refractivity contribution in [3.05, 3.63) is 190 Å². The number of benzene rings is 2. The van der Waals surface area contributed by atoms with Gasteiger partial charge in [0.15, 0.2) is 0 Å². The van der Waals surface area contributed by atoms with Crippen LogP contribution in [0.15, 0.2) is 134 Å². The summed E-state index contributed by atoms with van der Waals surface area (Å²) >= 11 is 0. The average molecular weight is 1470 g/mol. The molecule has 4 heterocycles. The Morgan fingerprint density at radius 2 is 0.819 bits per heavy atom. The number of nitrogens with zero attached hydrogens (tertiary/aromatic N) is 7. The Hall–Kier alpha value is -7.97. The molecule has 5 aliphatic carbocycles. The van der Waals surface area contributed by atoms with E-state index >= 15 is 0 Å². The lowest BCUT2D eigenvalue weighted by Gasteiger charge is -2.24. The van der Waals surface area contributed by atoms with Gasteiger partial charge >= 0.3 is 11.9 Å². The molecule has 0 spiro atoms. The van der Waals surface area contributed by atoms with Gasteiger partial charge in [-0.2, -0.15) is 0 Å². The van der Waals surface area contributed by atoms with Crippen LogP contribution < -0.4 is 22.1 Å². The number of pyridine rings is 4. The van der Waals surface area contributed by atoms with E-state index in [1.165, 1.54) is 71.2 Å². The van der Waals surface area contributed by atoms with E-state index in [1.54, 1.807) is 17.3 Å². The first-order valence-electron chi connectivity index (χ1n) is 38.7. The van der Waals surface area contributed by atoms with Crippen molar-refractivity contribution in [3.63, 3.8) is 0 Å². The number of halogens is 1. The van der Waals surface area contributed by atoms with Crippen LogP contribution >= 0.6 is 12.4 Å². The van der Waals surface area contributed by atoms with Gasteiger partial charge in [-0.1, -0.05) is 81.4 Å². The summed E-state index contributed by atoms with van der Waals surface area (Å²) in [6.07, 6.45) is 33.3. The van der Waals surface area contributed by atoms with E-state index in [-0.39, 0.29) is 67.8 Å². The predicted molar refractivity (Wildman–Crippen MR) is 424 cm³/mol. The number of rotatable bonds is 35. The first kappa shape index (κ1) is 89.4. The first-order chi connectivity index (χ1) is 50.1. The Balaban J connectivity index is 0.000000277. The molecule has 20 heteroatoms. The summed E-state index contributed by atoms with van der Waals surface area (Å²) in [6.45, 7) is 18.3. The number of carboxylic acid groups (broad SMARTS) is 2. The average Bonchev–Trinajstić information content (AvgIpc) is 1.72. The minimum Gasteiger partial charge on any atom is -0.481 e. The molecule has 11 rings (SSSR count). The molecule has 0 bridgehead atoms. The lowest BCUT2D eigenvalue weighted by atomic mass is 10.0. The van der Waals surface area contributed by atoms with Crippen LogP contribution in [0.25, 0.3) is 0 Å². The van der Waals surface area contributed by atoms with Crippen molar-refractivity contribution in [1.82, 2.24) is 45.3 Å². The summed E-state index contributed by atoms with van der Waals surface area (Å²) in [7, 11) is 0. The van der Waals surface area contributed by atoms with E-state index in [0.717, 1.165) is 157 Å². The van der Waals surface area contributed by atoms with Gasteiger partial charge in [0.05, 0.1) is 6.54 Å². The quantitative estimate of drug-likeness (QED) is 0.0216. The van der Waals surface area contributed by atoms with Crippen molar-refractivity contribution >= 4 is 48.0 Å². The monoisotopic (exact) mass is 1460 g/mol. The molecule has 5 saturated carbocycles.